The quantitative estimate of drug-likeness (QED) is 0.519. The topological polar surface area (TPSA) is 62.5 Å². The Bertz CT molecular complexity index is 349. The van der Waals surface area contributed by atoms with Gasteiger partial charge in [-0.2, -0.15) is 5.11 Å². The Morgan fingerprint density at radius 3 is 2.60 bits per heavy atom. The van der Waals surface area contributed by atoms with Crippen LogP contribution in [-0.2, 0) is 16.1 Å². The highest BCUT2D eigenvalue weighted by atomic mass is 79.9. The largest absolute Gasteiger partial charge is 0.460 e. The van der Waals surface area contributed by atoms with E-state index in [2.05, 4.69) is 21.0 Å². The molecule has 0 saturated carbocycles. The Kier molecular flexibility index (Phi) is 4.42. The number of hydrogen-bond donors (Lipinski definition) is 1. The van der Waals surface area contributed by atoms with Crippen LogP contribution in [0.4, 0.5) is 5.69 Å². The van der Waals surface area contributed by atoms with Crippen molar-refractivity contribution in [1.82, 2.24) is 0 Å². The van der Waals surface area contributed by atoms with E-state index >= 15 is 0 Å². The summed E-state index contributed by atoms with van der Waals surface area (Å²) in [6.07, 6.45) is 0. The van der Waals surface area contributed by atoms with Crippen LogP contribution in [0.15, 0.2) is 29.4 Å². The van der Waals surface area contributed by atoms with Crippen LogP contribution in [0.2, 0.25) is 0 Å². The van der Waals surface area contributed by atoms with Gasteiger partial charge >= 0.3 is 5.97 Å². The van der Waals surface area contributed by atoms with E-state index in [0.717, 1.165) is 5.56 Å². The molecular weight excluding hydrogens is 260 g/mol. The van der Waals surface area contributed by atoms with Gasteiger partial charge in [0.1, 0.15) is 11.4 Å². The summed E-state index contributed by atoms with van der Waals surface area (Å²) in [6.45, 7) is 1.96. The second-order valence-corrected chi connectivity index (χ2v) is 4.38. The van der Waals surface area contributed by atoms with Crippen LogP contribution in [0.1, 0.15) is 12.5 Å². The predicted molar refractivity (Wildman–Crippen MR) is 59.4 cm³/mol. The molecule has 0 radical (unpaired) electrons. The molecule has 4 nitrogen and oxygen atoms in total. The lowest BCUT2D eigenvalue weighted by atomic mass is 10.2. The molecule has 15 heavy (non-hydrogen) atoms. The maximum Gasteiger partial charge on any atom is 0.319 e. The van der Waals surface area contributed by atoms with Gasteiger partial charge in [-0.3, -0.25) is 4.79 Å². The lowest BCUT2D eigenvalue weighted by Gasteiger charge is -2.05. The number of hydrogen-bond acceptors (Lipinski definition) is 4. The van der Waals surface area contributed by atoms with Crippen molar-refractivity contribution in [3.63, 3.8) is 0 Å². The molecule has 80 valence electrons. The molecule has 0 saturated heterocycles. The summed E-state index contributed by atoms with van der Waals surface area (Å²) in [5, 5.41) is 3.27. The standard InChI is InChI=1S/C10H11BrN2O2/c1-7(11)10(14)15-6-8-2-4-9(13-12)5-3-8/h2-5,7,12H,6H2,1H3. The molecular formula is C10H11BrN2O2. The SMILES string of the molecule is CC(Br)C(=O)OCc1ccc(N=N)cc1. The van der Waals surface area contributed by atoms with Crippen molar-refractivity contribution in [2.75, 3.05) is 0 Å². The maximum absolute atomic E-state index is 11.1. The number of rotatable bonds is 4. The van der Waals surface area contributed by atoms with Crippen LogP contribution in [0.5, 0.6) is 0 Å². The Morgan fingerprint density at radius 1 is 1.53 bits per heavy atom. The highest BCUT2D eigenvalue weighted by molar-refractivity contribution is 9.10. The minimum atomic E-state index is -0.292. The molecule has 0 fully saturated rings. The molecule has 0 aliphatic rings. The molecule has 0 aliphatic carbocycles. The summed E-state index contributed by atoms with van der Waals surface area (Å²) in [6, 6.07) is 6.96. The molecule has 1 aromatic rings. The molecule has 1 rings (SSSR count). The van der Waals surface area contributed by atoms with Gasteiger partial charge in [0.2, 0.25) is 0 Å². The summed E-state index contributed by atoms with van der Waals surface area (Å²) < 4.78 is 5.00. The van der Waals surface area contributed by atoms with E-state index < -0.39 is 0 Å². The second-order valence-electron chi connectivity index (χ2n) is 3.00. The third-order valence-corrected chi connectivity index (χ3v) is 2.15. The molecule has 0 aliphatic heterocycles. The summed E-state index contributed by atoms with van der Waals surface area (Å²) in [5.74, 6) is -0.288. The Morgan fingerprint density at radius 2 is 2.13 bits per heavy atom. The van der Waals surface area contributed by atoms with Crippen LogP contribution >= 0.6 is 15.9 Å². The number of nitrogens with one attached hydrogen (secondary N) is 1. The van der Waals surface area contributed by atoms with E-state index in [1.807, 2.05) is 0 Å². The number of halogens is 1. The first kappa shape index (κ1) is 11.8. The average Bonchev–Trinajstić information content (AvgIpc) is 2.26. The first-order valence-corrected chi connectivity index (χ1v) is 5.32. The number of ether oxygens (including phenoxy) is 1. The van der Waals surface area contributed by atoms with Gasteiger partial charge in [0.15, 0.2) is 0 Å². The summed E-state index contributed by atoms with van der Waals surface area (Å²) in [7, 11) is 0. The zero-order valence-corrected chi connectivity index (χ0v) is 9.82. The van der Waals surface area contributed by atoms with Gasteiger partial charge in [-0.15, -0.1) is 0 Å². The van der Waals surface area contributed by atoms with Crippen molar-refractivity contribution in [3.05, 3.63) is 29.8 Å². The summed E-state index contributed by atoms with van der Waals surface area (Å²) in [5.41, 5.74) is 8.23. The molecule has 0 spiro atoms. The Balaban J connectivity index is 2.51. The van der Waals surface area contributed by atoms with Crippen LogP contribution in [0.25, 0.3) is 0 Å². The van der Waals surface area contributed by atoms with Crippen LogP contribution in [0.3, 0.4) is 0 Å². The number of esters is 1. The fraction of sp³-hybridized carbons (Fsp3) is 0.300. The van der Waals surface area contributed by atoms with Crippen LogP contribution < -0.4 is 0 Å². The molecule has 1 unspecified atom stereocenters. The van der Waals surface area contributed by atoms with E-state index in [1.165, 1.54) is 0 Å². The lowest BCUT2D eigenvalue weighted by molar-refractivity contribution is -0.143. The molecule has 0 amide bonds. The van der Waals surface area contributed by atoms with E-state index in [0.29, 0.717) is 5.69 Å². The minimum absolute atomic E-state index is 0.243. The molecule has 1 atom stereocenters. The molecule has 1 N–H and O–H groups in total. The Hall–Kier alpha value is -1.23. The highest BCUT2D eigenvalue weighted by Crippen LogP contribution is 2.13. The Labute approximate surface area is 96.3 Å². The van der Waals surface area contributed by atoms with Gasteiger partial charge in [0.25, 0.3) is 0 Å². The normalized spacial score (nSPS) is 11.9. The van der Waals surface area contributed by atoms with E-state index in [4.69, 9.17) is 10.3 Å². The zero-order valence-electron chi connectivity index (χ0n) is 8.24. The monoisotopic (exact) mass is 270 g/mol. The van der Waals surface area contributed by atoms with Gasteiger partial charge in [-0.1, -0.05) is 28.1 Å². The van der Waals surface area contributed by atoms with E-state index in [-0.39, 0.29) is 17.4 Å². The van der Waals surface area contributed by atoms with Crippen LogP contribution in [-0.4, -0.2) is 10.8 Å². The number of carbonyl (C=O) groups is 1. The molecule has 1 aromatic carbocycles. The van der Waals surface area contributed by atoms with Crippen molar-refractivity contribution >= 4 is 27.6 Å². The summed E-state index contributed by atoms with van der Waals surface area (Å²) in [4.78, 5) is 10.8. The number of alkyl halides is 1. The molecule has 0 aromatic heterocycles. The van der Waals surface area contributed by atoms with Gasteiger partial charge in [-0.25, -0.2) is 5.53 Å². The third-order valence-electron chi connectivity index (χ3n) is 1.77. The van der Waals surface area contributed by atoms with Crippen LogP contribution in [0, 0.1) is 5.53 Å². The number of nitrogens with zero attached hydrogens (tertiary/aromatic N) is 1. The highest BCUT2D eigenvalue weighted by Gasteiger charge is 2.09. The smallest absolute Gasteiger partial charge is 0.319 e. The predicted octanol–water partition coefficient (Wildman–Crippen LogP) is 3.18. The van der Waals surface area contributed by atoms with Gasteiger partial charge in [0.05, 0.1) is 5.69 Å². The summed E-state index contributed by atoms with van der Waals surface area (Å²) >= 11 is 3.12. The van der Waals surface area contributed by atoms with E-state index in [1.54, 1.807) is 31.2 Å². The van der Waals surface area contributed by atoms with E-state index in [9.17, 15) is 4.79 Å². The van der Waals surface area contributed by atoms with Gasteiger partial charge in [0, 0.05) is 0 Å². The molecule has 0 bridgehead atoms. The van der Waals surface area contributed by atoms with Gasteiger partial charge < -0.3 is 4.74 Å². The first-order chi connectivity index (χ1) is 7.13. The maximum atomic E-state index is 11.1. The van der Waals surface area contributed by atoms with Crippen molar-refractivity contribution < 1.29 is 9.53 Å². The van der Waals surface area contributed by atoms with Crippen molar-refractivity contribution in [3.8, 4) is 0 Å². The van der Waals surface area contributed by atoms with Crippen molar-refractivity contribution in [2.45, 2.75) is 18.4 Å². The fourth-order valence-corrected chi connectivity index (χ4v) is 1.07. The first-order valence-electron chi connectivity index (χ1n) is 4.40. The van der Waals surface area contributed by atoms with Crippen molar-refractivity contribution in [2.24, 2.45) is 5.11 Å². The average molecular weight is 271 g/mol. The fourth-order valence-electron chi connectivity index (χ4n) is 0.936. The molecule has 5 heteroatoms. The van der Waals surface area contributed by atoms with Gasteiger partial charge in [-0.05, 0) is 24.6 Å². The zero-order chi connectivity index (χ0) is 11.3. The number of benzene rings is 1. The molecule has 0 heterocycles. The lowest BCUT2D eigenvalue weighted by Crippen LogP contribution is -2.13. The third kappa shape index (κ3) is 3.79. The second kappa shape index (κ2) is 5.60. The van der Waals surface area contributed by atoms with Crippen molar-refractivity contribution in [1.29, 1.82) is 5.53 Å². The number of carbonyl (C=O) groups excluding carboxylic acids is 1. The minimum Gasteiger partial charge on any atom is -0.460 e.